The summed E-state index contributed by atoms with van der Waals surface area (Å²) in [4.78, 5) is 23.5. The van der Waals surface area contributed by atoms with E-state index in [0.29, 0.717) is 12.3 Å². The van der Waals surface area contributed by atoms with Crippen molar-refractivity contribution in [3.05, 3.63) is 0 Å². The summed E-state index contributed by atoms with van der Waals surface area (Å²) in [6, 6.07) is -0.306. The molecule has 0 radical (unpaired) electrons. The van der Waals surface area contributed by atoms with Gasteiger partial charge in [-0.15, -0.1) is 12.4 Å². The van der Waals surface area contributed by atoms with Gasteiger partial charge in [0.15, 0.2) is 0 Å². The highest BCUT2D eigenvalue weighted by Gasteiger charge is 2.19. The normalized spacial score (nSPS) is 20.6. The Balaban J connectivity index is 0.00000361. The molecule has 1 heterocycles. The Hall–Kier alpha value is -0.810. The van der Waals surface area contributed by atoms with Crippen LogP contribution in [0.3, 0.4) is 0 Å². The van der Waals surface area contributed by atoms with Gasteiger partial charge in [-0.2, -0.15) is 0 Å². The van der Waals surface area contributed by atoms with E-state index in [-0.39, 0.29) is 30.3 Å². The van der Waals surface area contributed by atoms with E-state index < -0.39 is 6.04 Å². The Morgan fingerprint density at radius 1 is 1.30 bits per heavy atom. The van der Waals surface area contributed by atoms with Crippen molar-refractivity contribution in [2.24, 2.45) is 5.92 Å². The van der Waals surface area contributed by atoms with Gasteiger partial charge in [0, 0.05) is 12.5 Å². The minimum atomic E-state index is -0.455. The lowest BCUT2D eigenvalue weighted by molar-refractivity contribution is -0.129. The second-order valence-electron chi connectivity index (χ2n) is 5.50. The first-order chi connectivity index (χ1) is 9.02. The molecular weight excluding hydrogens is 278 g/mol. The second-order valence-corrected chi connectivity index (χ2v) is 5.50. The molecule has 20 heavy (non-hydrogen) atoms. The SMILES string of the molecule is CCC(C)NC(=O)C(C)NC(=O)CCC1CCNC1.Cl. The van der Waals surface area contributed by atoms with Crippen LogP contribution in [0.1, 0.15) is 46.5 Å². The summed E-state index contributed by atoms with van der Waals surface area (Å²) in [5.41, 5.74) is 0. The van der Waals surface area contributed by atoms with E-state index >= 15 is 0 Å². The quantitative estimate of drug-likeness (QED) is 0.662. The van der Waals surface area contributed by atoms with Crippen molar-refractivity contribution in [1.82, 2.24) is 16.0 Å². The molecule has 0 aromatic heterocycles. The van der Waals surface area contributed by atoms with Gasteiger partial charge in [0.05, 0.1) is 0 Å². The third kappa shape index (κ3) is 7.10. The smallest absolute Gasteiger partial charge is 0.242 e. The lowest BCUT2D eigenvalue weighted by Gasteiger charge is -2.17. The van der Waals surface area contributed by atoms with E-state index in [0.717, 1.165) is 32.4 Å². The van der Waals surface area contributed by atoms with Gasteiger partial charge in [-0.3, -0.25) is 9.59 Å². The summed E-state index contributed by atoms with van der Waals surface area (Å²) < 4.78 is 0. The van der Waals surface area contributed by atoms with Crippen LogP contribution in [0.2, 0.25) is 0 Å². The topological polar surface area (TPSA) is 70.2 Å². The molecule has 0 spiro atoms. The van der Waals surface area contributed by atoms with Crippen LogP contribution >= 0.6 is 12.4 Å². The van der Waals surface area contributed by atoms with Crippen LogP contribution in [-0.2, 0) is 9.59 Å². The zero-order valence-electron chi connectivity index (χ0n) is 12.7. The fourth-order valence-electron chi connectivity index (χ4n) is 2.15. The Morgan fingerprint density at radius 3 is 2.55 bits per heavy atom. The summed E-state index contributed by atoms with van der Waals surface area (Å²) in [7, 11) is 0. The van der Waals surface area contributed by atoms with Crippen LogP contribution in [-0.4, -0.2) is 37.0 Å². The molecule has 0 aromatic carbocycles. The Morgan fingerprint density at radius 2 is 2.00 bits per heavy atom. The lowest BCUT2D eigenvalue weighted by atomic mass is 10.0. The first kappa shape index (κ1) is 19.2. The molecule has 118 valence electrons. The Bertz CT molecular complexity index is 307. The summed E-state index contributed by atoms with van der Waals surface area (Å²) >= 11 is 0. The highest BCUT2D eigenvalue weighted by atomic mass is 35.5. The zero-order valence-corrected chi connectivity index (χ0v) is 13.5. The maximum atomic E-state index is 11.8. The maximum Gasteiger partial charge on any atom is 0.242 e. The molecule has 1 fully saturated rings. The van der Waals surface area contributed by atoms with Crippen LogP contribution < -0.4 is 16.0 Å². The molecule has 1 aliphatic rings. The fourth-order valence-corrected chi connectivity index (χ4v) is 2.15. The molecule has 0 bridgehead atoms. The van der Waals surface area contributed by atoms with E-state index in [4.69, 9.17) is 0 Å². The first-order valence-electron chi connectivity index (χ1n) is 7.33. The van der Waals surface area contributed by atoms with Crippen LogP contribution in [0.25, 0.3) is 0 Å². The van der Waals surface area contributed by atoms with Crippen molar-refractivity contribution < 1.29 is 9.59 Å². The Labute approximate surface area is 128 Å². The Kier molecular flexibility index (Phi) is 9.59. The summed E-state index contributed by atoms with van der Waals surface area (Å²) in [6.07, 6.45) is 3.45. The molecule has 6 heteroatoms. The molecule has 0 aromatic rings. The van der Waals surface area contributed by atoms with Gasteiger partial charge in [-0.1, -0.05) is 6.92 Å². The molecule has 3 atom stereocenters. The molecule has 0 saturated carbocycles. The molecule has 1 aliphatic heterocycles. The number of amides is 2. The van der Waals surface area contributed by atoms with Crippen molar-refractivity contribution in [1.29, 1.82) is 0 Å². The van der Waals surface area contributed by atoms with Crippen molar-refractivity contribution in [2.45, 2.75) is 58.5 Å². The summed E-state index contributed by atoms with van der Waals surface area (Å²) in [6.45, 7) is 7.77. The van der Waals surface area contributed by atoms with E-state index in [1.807, 2.05) is 13.8 Å². The predicted octanol–water partition coefficient (Wildman–Crippen LogP) is 1.22. The lowest BCUT2D eigenvalue weighted by Crippen LogP contribution is -2.47. The second kappa shape index (κ2) is 10.00. The number of nitrogens with one attached hydrogen (secondary N) is 3. The molecule has 1 saturated heterocycles. The molecule has 5 nitrogen and oxygen atoms in total. The highest BCUT2D eigenvalue weighted by Crippen LogP contribution is 2.13. The van der Waals surface area contributed by atoms with Gasteiger partial charge >= 0.3 is 0 Å². The number of hydrogen-bond acceptors (Lipinski definition) is 3. The van der Waals surface area contributed by atoms with E-state index in [1.54, 1.807) is 6.92 Å². The number of rotatable bonds is 7. The van der Waals surface area contributed by atoms with Gasteiger partial charge in [-0.25, -0.2) is 0 Å². The van der Waals surface area contributed by atoms with Crippen LogP contribution in [0.15, 0.2) is 0 Å². The number of halogens is 1. The highest BCUT2D eigenvalue weighted by molar-refractivity contribution is 5.87. The van der Waals surface area contributed by atoms with Crippen LogP contribution in [0.4, 0.5) is 0 Å². The number of carbonyl (C=O) groups excluding carboxylic acids is 2. The third-order valence-corrected chi connectivity index (χ3v) is 3.71. The number of hydrogen-bond donors (Lipinski definition) is 3. The van der Waals surface area contributed by atoms with Gasteiger partial charge < -0.3 is 16.0 Å². The van der Waals surface area contributed by atoms with Gasteiger partial charge in [0.1, 0.15) is 6.04 Å². The summed E-state index contributed by atoms with van der Waals surface area (Å²) in [5, 5.41) is 8.92. The molecule has 0 aliphatic carbocycles. The predicted molar refractivity (Wildman–Crippen MR) is 83.0 cm³/mol. The molecule has 2 amide bonds. The van der Waals surface area contributed by atoms with E-state index in [9.17, 15) is 9.59 Å². The van der Waals surface area contributed by atoms with Crippen molar-refractivity contribution in [2.75, 3.05) is 13.1 Å². The monoisotopic (exact) mass is 305 g/mol. The third-order valence-electron chi connectivity index (χ3n) is 3.71. The van der Waals surface area contributed by atoms with Crippen molar-refractivity contribution in [3.8, 4) is 0 Å². The standard InChI is InChI=1S/C14H27N3O2.ClH/c1-4-10(2)16-14(19)11(3)17-13(18)6-5-12-7-8-15-9-12;/h10-12,15H,4-9H2,1-3H3,(H,16,19)(H,17,18);1H. The average molecular weight is 306 g/mol. The van der Waals surface area contributed by atoms with Crippen LogP contribution in [0.5, 0.6) is 0 Å². The molecular formula is C14H28ClN3O2. The zero-order chi connectivity index (χ0) is 14.3. The average Bonchev–Trinajstić information content (AvgIpc) is 2.89. The van der Waals surface area contributed by atoms with Crippen LogP contribution in [0, 0.1) is 5.92 Å². The minimum Gasteiger partial charge on any atom is -0.352 e. The van der Waals surface area contributed by atoms with Gasteiger partial charge in [0.2, 0.25) is 11.8 Å². The van der Waals surface area contributed by atoms with E-state index in [1.165, 1.54) is 0 Å². The minimum absolute atomic E-state index is 0. The largest absolute Gasteiger partial charge is 0.352 e. The molecule has 1 rings (SSSR count). The summed E-state index contributed by atoms with van der Waals surface area (Å²) in [5.74, 6) is 0.471. The maximum absolute atomic E-state index is 11.8. The van der Waals surface area contributed by atoms with Crippen molar-refractivity contribution >= 4 is 24.2 Å². The van der Waals surface area contributed by atoms with Gasteiger partial charge in [-0.05, 0) is 52.1 Å². The molecule has 3 unspecified atom stereocenters. The number of carbonyl (C=O) groups is 2. The first-order valence-corrected chi connectivity index (χ1v) is 7.33. The van der Waals surface area contributed by atoms with E-state index in [2.05, 4.69) is 16.0 Å². The molecule has 3 N–H and O–H groups in total. The fraction of sp³-hybridized carbons (Fsp3) is 0.857. The van der Waals surface area contributed by atoms with Crippen molar-refractivity contribution in [3.63, 3.8) is 0 Å². The van der Waals surface area contributed by atoms with Gasteiger partial charge in [0.25, 0.3) is 0 Å².